The Morgan fingerprint density at radius 2 is 1.55 bits per heavy atom. The molecule has 0 spiro atoms. The highest BCUT2D eigenvalue weighted by Gasteiger charge is 2.25. The van der Waals surface area contributed by atoms with Gasteiger partial charge in [-0.1, -0.05) is 23.7 Å². The molecule has 0 unspecified atom stereocenters. The summed E-state index contributed by atoms with van der Waals surface area (Å²) in [5, 5.41) is 0.571. The second kappa shape index (κ2) is 10.2. The summed E-state index contributed by atoms with van der Waals surface area (Å²) in [5.41, 5.74) is 1.30. The number of carbonyl (C=O) groups excluding carboxylic acids is 2. The molecule has 4 rings (SSSR count). The molecule has 5 nitrogen and oxygen atoms in total. The molecule has 6 heteroatoms. The summed E-state index contributed by atoms with van der Waals surface area (Å²) in [5.74, 6) is 1.07. The van der Waals surface area contributed by atoms with E-state index in [1.54, 1.807) is 24.3 Å². The Morgan fingerprint density at radius 3 is 2.32 bits per heavy atom. The lowest BCUT2D eigenvalue weighted by Crippen LogP contribution is -2.41. The molecule has 2 aliphatic rings. The fraction of sp³-hybridized carbons (Fsp3) is 0.440. The zero-order chi connectivity index (χ0) is 21.6. The van der Waals surface area contributed by atoms with Gasteiger partial charge in [0.1, 0.15) is 5.75 Å². The minimum Gasteiger partial charge on any atom is -0.493 e. The lowest BCUT2D eigenvalue weighted by atomic mass is 9.98. The molecular formula is C25H29ClN2O3. The Labute approximate surface area is 188 Å². The molecule has 0 N–H and O–H groups in total. The minimum absolute atomic E-state index is 0.0151. The highest BCUT2D eigenvalue weighted by molar-refractivity contribution is 6.30. The van der Waals surface area contributed by atoms with E-state index in [-0.39, 0.29) is 17.7 Å². The molecule has 164 valence electrons. The van der Waals surface area contributed by atoms with Crippen molar-refractivity contribution in [3.05, 3.63) is 64.7 Å². The third-order valence-electron chi connectivity index (χ3n) is 6.09. The number of carbonyl (C=O) groups is 2. The maximum atomic E-state index is 12.8. The molecule has 2 amide bonds. The average molecular weight is 441 g/mol. The van der Waals surface area contributed by atoms with Crippen molar-refractivity contribution in [3.8, 4) is 5.75 Å². The number of ether oxygens (including phenoxy) is 1. The first-order valence-electron chi connectivity index (χ1n) is 11.2. The predicted molar refractivity (Wildman–Crippen MR) is 122 cm³/mol. The molecule has 0 radical (unpaired) electrons. The van der Waals surface area contributed by atoms with E-state index in [4.69, 9.17) is 16.3 Å². The number of hydrogen-bond acceptors (Lipinski definition) is 3. The summed E-state index contributed by atoms with van der Waals surface area (Å²) in [6.45, 7) is 3.62. The number of likely N-dealkylation sites (tertiary alicyclic amines) is 2. The van der Waals surface area contributed by atoms with Crippen molar-refractivity contribution in [3.63, 3.8) is 0 Å². The van der Waals surface area contributed by atoms with Crippen LogP contribution in [-0.4, -0.2) is 54.4 Å². The molecule has 0 aromatic heterocycles. The smallest absolute Gasteiger partial charge is 0.253 e. The maximum Gasteiger partial charge on any atom is 0.253 e. The van der Waals surface area contributed by atoms with Crippen LogP contribution in [0.3, 0.4) is 0 Å². The Bertz CT molecular complexity index is 926. The SMILES string of the molecule is O=C(c1cccc(OC[C@@H]2CCCN(C(=O)c3cccc(Cl)c3)C2)c1)N1CCCCC1. The highest BCUT2D eigenvalue weighted by atomic mass is 35.5. The van der Waals surface area contributed by atoms with Gasteiger partial charge in [0.15, 0.2) is 0 Å². The Hall–Kier alpha value is -2.53. The van der Waals surface area contributed by atoms with E-state index < -0.39 is 0 Å². The summed E-state index contributed by atoms with van der Waals surface area (Å²) in [6, 6.07) is 14.6. The molecule has 2 aromatic rings. The van der Waals surface area contributed by atoms with Gasteiger partial charge in [0.05, 0.1) is 6.61 Å². The van der Waals surface area contributed by atoms with Gasteiger partial charge in [0.25, 0.3) is 11.8 Å². The van der Waals surface area contributed by atoms with E-state index in [9.17, 15) is 9.59 Å². The summed E-state index contributed by atoms with van der Waals surface area (Å²) >= 11 is 6.04. The first-order valence-corrected chi connectivity index (χ1v) is 11.5. The third-order valence-corrected chi connectivity index (χ3v) is 6.32. The van der Waals surface area contributed by atoms with Crippen LogP contribution in [0.4, 0.5) is 0 Å². The molecule has 0 aliphatic carbocycles. The van der Waals surface area contributed by atoms with Crippen LogP contribution in [0, 0.1) is 5.92 Å². The molecule has 31 heavy (non-hydrogen) atoms. The molecular weight excluding hydrogens is 412 g/mol. The summed E-state index contributed by atoms with van der Waals surface area (Å²) < 4.78 is 6.05. The summed E-state index contributed by atoms with van der Waals surface area (Å²) in [4.78, 5) is 29.4. The van der Waals surface area contributed by atoms with E-state index in [1.807, 2.05) is 34.1 Å². The van der Waals surface area contributed by atoms with Crippen LogP contribution < -0.4 is 4.74 Å². The zero-order valence-corrected chi connectivity index (χ0v) is 18.5. The molecule has 1 atom stereocenters. The van der Waals surface area contributed by atoms with Gasteiger partial charge in [-0.15, -0.1) is 0 Å². The van der Waals surface area contributed by atoms with Crippen molar-refractivity contribution in [2.45, 2.75) is 32.1 Å². The van der Waals surface area contributed by atoms with Gasteiger partial charge < -0.3 is 14.5 Å². The van der Waals surface area contributed by atoms with E-state index >= 15 is 0 Å². The second-order valence-corrected chi connectivity index (χ2v) is 8.90. The number of halogens is 1. The number of piperidine rings is 2. The monoisotopic (exact) mass is 440 g/mol. The largest absolute Gasteiger partial charge is 0.493 e. The molecule has 2 aliphatic heterocycles. The van der Waals surface area contributed by atoms with Crippen molar-refractivity contribution >= 4 is 23.4 Å². The van der Waals surface area contributed by atoms with Gasteiger partial charge in [-0.2, -0.15) is 0 Å². The second-order valence-electron chi connectivity index (χ2n) is 8.46. The normalized spacial score (nSPS) is 19.2. The predicted octanol–water partition coefficient (Wildman–Crippen LogP) is 4.90. The molecule has 0 saturated carbocycles. The number of rotatable bonds is 5. The first kappa shape index (κ1) is 21.7. The summed E-state index contributed by atoms with van der Waals surface area (Å²) in [7, 11) is 0. The number of amides is 2. The van der Waals surface area contributed by atoms with Crippen molar-refractivity contribution < 1.29 is 14.3 Å². The molecule has 2 fully saturated rings. The van der Waals surface area contributed by atoms with Crippen molar-refractivity contribution in [2.75, 3.05) is 32.8 Å². The highest BCUT2D eigenvalue weighted by Crippen LogP contribution is 2.23. The van der Waals surface area contributed by atoms with Crippen LogP contribution in [0.15, 0.2) is 48.5 Å². The Morgan fingerprint density at radius 1 is 0.871 bits per heavy atom. The van der Waals surface area contributed by atoms with Crippen molar-refractivity contribution in [1.82, 2.24) is 9.80 Å². The topological polar surface area (TPSA) is 49.9 Å². The molecule has 2 saturated heterocycles. The van der Waals surface area contributed by atoms with Gasteiger partial charge >= 0.3 is 0 Å². The average Bonchev–Trinajstić information content (AvgIpc) is 2.83. The standard InChI is InChI=1S/C25H29ClN2O3/c26-22-10-4-8-20(15-22)25(30)28-14-6-7-19(17-28)18-31-23-11-5-9-21(16-23)24(29)27-12-2-1-3-13-27/h4-5,8-11,15-16,19H,1-3,6-7,12-14,17-18H2/t19-/m1/s1. The number of hydrogen-bond donors (Lipinski definition) is 0. The Balaban J connectivity index is 1.33. The van der Waals surface area contributed by atoms with Gasteiger partial charge in [0, 0.05) is 48.2 Å². The van der Waals surface area contributed by atoms with E-state index in [2.05, 4.69) is 0 Å². The fourth-order valence-electron chi connectivity index (χ4n) is 4.40. The lowest BCUT2D eigenvalue weighted by Gasteiger charge is -2.32. The third kappa shape index (κ3) is 5.59. The molecule has 2 aromatic carbocycles. The van der Waals surface area contributed by atoms with Gasteiger partial charge in [0.2, 0.25) is 0 Å². The van der Waals surface area contributed by atoms with Crippen LogP contribution in [-0.2, 0) is 0 Å². The van der Waals surface area contributed by atoms with Gasteiger partial charge in [-0.25, -0.2) is 0 Å². The van der Waals surface area contributed by atoms with Crippen molar-refractivity contribution in [2.24, 2.45) is 5.92 Å². The van der Waals surface area contributed by atoms with Crippen LogP contribution in [0.25, 0.3) is 0 Å². The van der Waals surface area contributed by atoms with Crippen LogP contribution in [0.2, 0.25) is 5.02 Å². The Kier molecular flexibility index (Phi) is 7.13. The van der Waals surface area contributed by atoms with Crippen LogP contribution >= 0.6 is 11.6 Å². The fourth-order valence-corrected chi connectivity index (χ4v) is 4.59. The lowest BCUT2D eigenvalue weighted by molar-refractivity contribution is 0.0631. The molecule has 0 bridgehead atoms. The first-order chi connectivity index (χ1) is 15.1. The van der Waals surface area contributed by atoms with Gasteiger partial charge in [-0.05, 0) is 68.5 Å². The number of nitrogens with zero attached hydrogens (tertiary/aromatic N) is 2. The minimum atomic E-state index is 0.0151. The van der Waals surface area contributed by atoms with E-state index in [1.165, 1.54) is 6.42 Å². The van der Waals surface area contributed by atoms with Gasteiger partial charge in [-0.3, -0.25) is 9.59 Å². The van der Waals surface area contributed by atoms with Crippen molar-refractivity contribution in [1.29, 1.82) is 0 Å². The van der Waals surface area contributed by atoms with Crippen LogP contribution in [0.1, 0.15) is 52.8 Å². The van der Waals surface area contributed by atoms with E-state index in [0.717, 1.165) is 45.3 Å². The number of benzene rings is 2. The van der Waals surface area contributed by atoms with Crippen LogP contribution in [0.5, 0.6) is 5.75 Å². The van der Waals surface area contributed by atoms with E-state index in [0.29, 0.717) is 35.1 Å². The summed E-state index contributed by atoms with van der Waals surface area (Å²) in [6.07, 6.45) is 5.33. The molecule has 2 heterocycles. The zero-order valence-electron chi connectivity index (χ0n) is 17.8. The maximum absolute atomic E-state index is 12.8. The quantitative estimate of drug-likeness (QED) is 0.664.